The van der Waals surface area contributed by atoms with Crippen molar-refractivity contribution in [1.29, 1.82) is 0 Å². The number of aliphatic carboxylic acids is 1. The fraction of sp³-hybridized carbons (Fsp3) is 0.867. The number of carboxylic acid groups (broad SMARTS) is 1. The molecule has 1 amide bonds. The van der Waals surface area contributed by atoms with Gasteiger partial charge in [-0.05, 0) is 38.8 Å². The summed E-state index contributed by atoms with van der Waals surface area (Å²) in [6.45, 7) is 1.64. The van der Waals surface area contributed by atoms with E-state index in [1.165, 1.54) is 4.90 Å². The minimum Gasteiger partial charge on any atom is -0.480 e. The molecule has 0 radical (unpaired) electrons. The van der Waals surface area contributed by atoms with Crippen molar-refractivity contribution < 1.29 is 14.7 Å². The van der Waals surface area contributed by atoms with E-state index in [4.69, 9.17) is 16.6 Å². The van der Waals surface area contributed by atoms with Gasteiger partial charge in [0.2, 0.25) is 5.91 Å². The number of amides is 1. The number of nitrogens with zero attached hydrogens (tertiary/aromatic N) is 1. The van der Waals surface area contributed by atoms with Crippen molar-refractivity contribution in [3.8, 4) is 0 Å². The molecule has 0 spiro atoms. The van der Waals surface area contributed by atoms with Crippen LogP contribution in [-0.4, -0.2) is 48.1 Å². The first kappa shape index (κ1) is 27.3. The third-order valence-corrected chi connectivity index (χ3v) is 3.41. The molecule has 0 saturated heterocycles. The van der Waals surface area contributed by atoms with Crippen LogP contribution in [0.3, 0.4) is 0 Å². The van der Waals surface area contributed by atoms with Gasteiger partial charge in [-0.2, -0.15) is 0 Å². The van der Waals surface area contributed by atoms with Crippen molar-refractivity contribution >= 4 is 36.7 Å². The van der Waals surface area contributed by atoms with Crippen molar-refractivity contribution in [3.05, 3.63) is 0 Å². The maximum Gasteiger partial charge on any atom is 0.323 e. The van der Waals surface area contributed by atoms with Gasteiger partial charge in [0.15, 0.2) is 0 Å². The monoisotopic (exact) mass is 373 g/mol. The number of halogens is 2. The van der Waals surface area contributed by atoms with Crippen LogP contribution in [0.5, 0.6) is 0 Å². The standard InChI is InChI=1S/C15H31N3O3.2ClH/c16-10-6-3-1-2-4-8-12-18(13-15(20)21)14(19)9-5-7-11-17;;/h1-13,16-17H2,(H,20,21);2*1H. The van der Waals surface area contributed by atoms with Crippen molar-refractivity contribution in [1.82, 2.24) is 4.90 Å². The van der Waals surface area contributed by atoms with Crippen molar-refractivity contribution in [3.63, 3.8) is 0 Å². The molecule has 0 rings (SSSR count). The van der Waals surface area contributed by atoms with Crippen LogP contribution >= 0.6 is 24.8 Å². The molecule has 0 aromatic rings. The summed E-state index contributed by atoms with van der Waals surface area (Å²) in [5, 5.41) is 8.88. The molecule has 0 aliphatic heterocycles. The largest absolute Gasteiger partial charge is 0.480 e. The summed E-state index contributed by atoms with van der Waals surface area (Å²) in [5.41, 5.74) is 10.8. The summed E-state index contributed by atoms with van der Waals surface area (Å²) >= 11 is 0. The van der Waals surface area contributed by atoms with Crippen LogP contribution in [0.1, 0.15) is 57.8 Å². The number of unbranched alkanes of at least 4 members (excludes halogenated alkanes) is 6. The van der Waals surface area contributed by atoms with Crippen LogP contribution in [0.15, 0.2) is 0 Å². The maximum absolute atomic E-state index is 12.0. The second-order valence-corrected chi connectivity index (χ2v) is 5.36. The molecule has 6 nitrogen and oxygen atoms in total. The van der Waals surface area contributed by atoms with E-state index in [2.05, 4.69) is 0 Å². The molecule has 0 saturated carbocycles. The normalized spacial score (nSPS) is 9.65. The Kier molecular flexibility index (Phi) is 23.1. The van der Waals surface area contributed by atoms with E-state index in [9.17, 15) is 9.59 Å². The zero-order valence-electron chi connectivity index (χ0n) is 13.9. The molecule has 140 valence electrons. The highest BCUT2D eigenvalue weighted by Gasteiger charge is 2.15. The Morgan fingerprint density at radius 3 is 1.78 bits per heavy atom. The first-order chi connectivity index (χ1) is 10.1. The lowest BCUT2D eigenvalue weighted by atomic mass is 10.1. The number of nitrogens with two attached hydrogens (primary N) is 2. The second kappa shape index (κ2) is 19.5. The molecule has 0 atom stereocenters. The predicted octanol–water partition coefficient (Wildman–Crippen LogP) is 2.17. The van der Waals surface area contributed by atoms with Gasteiger partial charge in [0.05, 0.1) is 0 Å². The van der Waals surface area contributed by atoms with Gasteiger partial charge < -0.3 is 21.5 Å². The molecular weight excluding hydrogens is 341 g/mol. The zero-order chi connectivity index (χ0) is 15.9. The molecule has 0 heterocycles. The average Bonchev–Trinajstić information content (AvgIpc) is 2.44. The molecule has 0 aromatic carbocycles. The molecule has 0 aromatic heterocycles. The van der Waals surface area contributed by atoms with Crippen molar-refractivity contribution in [2.45, 2.75) is 57.8 Å². The van der Waals surface area contributed by atoms with E-state index in [0.717, 1.165) is 57.9 Å². The highest BCUT2D eigenvalue weighted by atomic mass is 35.5. The minimum absolute atomic E-state index is 0. The summed E-state index contributed by atoms with van der Waals surface area (Å²) in [7, 11) is 0. The Hall–Kier alpha value is -0.560. The summed E-state index contributed by atoms with van der Waals surface area (Å²) in [5.74, 6) is -1.03. The van der Waals surface area contributed by atoms with Gasteiger partial charge in [0, 0.05) is 13.0 Å². The van der Waals surface area contributed by atoms with Crippen LogP contribution in [0.25, 0.3) is 0 Å². The van der Waals surface area contributed by atoms with E-state index >= 15 is 0 Å². The van der Waals surface area contributed by atoms with Gasteiger partial charge in [0.1, 0.15) is 6.54 Å². The number of hydrogen-bond acceptors (Lipinski definition) is 4. The molecule has 5 N–H and O–H groups in total. The van der Waals surface area contributed by atoms with Crippen LogP contribution < -0.4 is 11.5 Å². The summed E-state index contributed by atoms with van der Waals surface area (Å²) < 4.78 is 0. The van der Waals surface area contributed by atoms with Gasteiger partial charge in [-0.3, -0.25) is 9.59 Å². The number of carbonyl (C=O) groups is 2. The predicted molar refractivity (Wildman–Crippen MR) is 98.4 cm³/mol. The van der Waals surface area contributed by atoms with Gasteiger partial charge in [-0.25, -0.2) is 0 Å². The Morgan fingerprint density at radius 2 is 1.26 bits per heavy atom. The van der Waals surface area contributed by atoms with Gasteiger partial charge in [-0.15, -0.1) is 24.8 Å². The summed E-state index contributed by atoms with van der Waals surface area (Å²) in [6, 6.07) is 0. The zero-order valence-corrected chi connectivity index (χ0v) is 15.5. The molecule has 0 bridgehead atoms. The fourth-order valence-corrected chi connectivity index (χ4v) is 2.19. The van der Waals surface area contributed by atoms with Crippen molar-refractivity contribution in [2.24, 2.45) is 11.5 Å². The lowest BCUT2D eigenvalue weighted by molar-refractivity contribution is -0.144. The van der Waals surface area contributed by atoms with Crippen LogP contribution in [-0.2, 0) is 9.59 Å². The first-order valence-corrected chi connectivity index (χ1v) is 8.01. The average molecular weight is 374 g/mol. The lowest BCUT2D eigenvalue weighted by Crippen LogP contribution is -2.36. The van der Waals surface area contributed by atoms with Gasteiger partial charge in [0.25, 0.3) is 0 Å². The molecule has 0 aliphatic rings. The van der Waals surface area contributed by atoms with Crippen LogP contribution in [0.2, 0.25) is 0 Å². The smallest absolute Gasteiger partial charge is 0.323 e. The molecule has 0 fully saturated rings. The highest BCUT2D eigenvalue weighted by Crippen LogP contribution is 2.07. The molecule has 0 aliphatic carbocycles. The lowest BCUT2D eigenvalue weighted by Gasteiger charge is -2.20. The van der Waals surface area contributed by atoms with Gasteiger partial charge >= 0.3 is 5.97 Å². The minimum atomic E-state index is -0.954. The molecule has 23 heavy (non-hydrogen) atoms. The first-order valence-electron chi connectivity index (χ1n) is 8.01. The topological polar surface area (TPSA) is 110 Å². The van der Waals surface area contributed by atoms with Crippen LogP contribution in [0, 0.1) is 0 Å². The fourth-order valence-electron chi connectivity index (χ4n) is 2.19. The third kappa shape index (κ3) is 17.6. The van der Waals surface area contributed by atoms with E-state index in [1.54, 1.807) is 0 Å². The van der Waals surface area contributed by atoms with Crippen molar-refractivity contribution in [2.75, 3.05) is 26.2 Å². The maximum atomic E-state index is 12.0. The molecular formula is C15H33Cl2N3O3. The molecule has 8 heteroatoms. The highest BCUT2D eigenvalue weighted by molar-refractivity contribution is 5.85. The summed E-state index contributed by atoms with van der Waals surface area (Å²) in [6.07, 6.45) is 8.27. The van der Waals surface area contributed by atoms with Gasteiger partial charge in [-0.1, -0.05) is 25.7 Å². The van der Waals surface area contributed by atoms with E-state index < -0.39 is 5.97 Å². The number of hydrogen-bond donors (Lipinski definition) is 3. The van der Waals surface area contributed by atoms with Crippen LogP contribution in [0.4, 0.5) is 0 Å². The summed E-state index contributed by atoms with van der Waals surface area (Å²) in [4.78, 5) is 24.2. The third-order valence-electron chi connectivity index (χ3n) is 3.41. The Morgan fingerprint density at radius 1 is 0.783 bits per heavy atom. The second-order valence-electron chi connectivity index (χ2n) is 5.36. The van der Waals surface area contributed by atoms with E-state index in [1.807, 2.05) is 0 Å². The number of carboxylic acids is 1. The Bertz CT molecular complexity index is 295. The SMILES string of the molecule is Cl.Cl.NCCCCCCCCN(CC(=O)O)C(=O)CCCCN. The molecule has 0 unspecified atom stereocenters. The van der Waals surface area contributed by atoms with E-state index in [-0.39, 0.29) is 37.3 Å². The quantitative estimate of drug-likeness (QED) is 0.404. The van der Waals surface area contributed by atoms with E-state index in [0.29, 0.717) is 19.5 Å². The number of rotatable bonds is 14. The Labute approximate surface area is 152 Å². The Balaban J connectivity index is -0.00000200. The number of carbonyl (C=O) groups excluding carboxylic acids is 1.